The molecule has 0 bridgehead atoms. The third-order valence-electron chi connectivity index (χ3n) is 4.59. The molecule has 0 aliphatic rings. The van der Waals surface area contributed by atoms with E-state index in [1.54, 1.807) is 36.9 Å². The van der Waals surface area contributed by atoms with Gasteiger partial charge in [-0.1, -0.05) is 18.5 Å². The molecule has 0 saturated carbocycles. The first-order valence-electron chi connectivity index (χ1n) is 8.98. The third-order valence-corrected chi connectivity index (χ3v) is 4.91. The van der Waals surface area contributed by atoms with E-state index in [1.807, 2.05) is 6.92 Å². The Balaban J connectivity index is 2.24. The molecule has 0 aliphatic carbocycles. The number of halogens is 3. The predicted molar refractivity (Wildman–Crippen MR) is 107 cm³/mol. The van der Waals surface area contributed by atoms with E-state index in [9.17, 15) is 13.6 Å². The Labute approximate surface area is 171 Å². The van der Waals surface area contributed by atoms with Gasteiger partial charge in [0.1, 0.15) is 17.0 Å². The van der Waals surface area contributed by atoms with Gasteiger partial charge in [0.15, 0.2) is 5.65 Å². The van der Waals surface area contributed by atoms with Gasteiger partial charge in [0.2, 0.25) is 0 Å². The lowest BCUT2D eigenvalue weighted by molar-refractivity contribution is -0.0498. The van der Waals surface area contributed by atoms with Crippen LogP contribution in [0.1, 0.15) is 25.1 Å². The lowest BCUT2D eigenvalue weighted by Gasteiger charge is -2.20. The van der Waals surface area contributed by atoms with Crippen LogP contribution in [0.15, 0.2) is 35.3 Å². The summed E-state index contributed by atoms with van der Waals surface area (Å²) in [5.41, 5.74) is 2.17. The van der Waals surface area contributed by atoms with Crippen LogP contribution in [0, 0.1) is 6.92 Å². The number of aromatic nitrogens is 3. The van der Waals surface area contributed by atoms with Crippen LogP contribution in [0.2, 0.25) is 5.02 Å². The number of methoxy groups -OCH3 is 1. The maximum atomic E-state index is 12.8. The minimum Gasteiger partial charge on any atom is -0.435 e. The van der Waals surface area contributed by atoms with Crippen LogP contribution < -0.4 is 10.3 Å². The zero-order chi connectivity index (χ0) is 21.1. The first-order chi connectivity index (χ1) is 13.9. The zero-order valence-corrected chi connectivity index (χ0v) is 16.9. The number of rotatable bonds is 7. The summed E-state index contributed by atoms with van der Waals surface area (Å²) < 4.78 is 36.2. The summed E-state index contributed by atoms with van der Waals surface area (Å²) in [4.78, 5) is 21.7. The Morgan fingerprint density at radius 1 is 1.24 bits per heavy atom. The van der Waals surface area contributed by atoms with Crippen molar-refractivity contribution in [1.82, 2.24) is 14.5 Å². The average Bonchev–Trinajstić information content (AvgIpc) is 2.67. The molecule has 3 aromatic rings. The average molecular weight is 424 g/mol. The molecule has 0 amide bonds. The Hall–Kier alpha value is -2.58. The van der Waals surface area contributed by atoms with Gasteiger partial charge in [0.25, 0.3) is 5.56 Å². The number of hydrogen-bond donors (Lipinski definition) is 0. The van der Waals surface area contributed by atoms with E-state index < -0.39 is 6.61 Å². The second-order valence-corrected chi connectivity index (χ2v) is 6.85. The monoisotopic (exact) mass is 423 g/mol. The number of alkyl halides is 2. The van der Waals surface area contributed by atoms with Crippen molar-refractivity contribution in [1.29, 1.82) is 0 Å². The molecule has 154 valence electrons. The van der Waals surface area contributed by atoms with Crippen LogP contribution >= 0.6 is 11.6 Å². The SMILES string of the molecule is CC[C@@H](COC)n1c(=O)c(C)nc2c(-c3ccc(OC(F)F)cc3Cl)ccnc21. The van der Waals surface area contributed by atoms with E-state index in [0.717, 1.165) is 0 Å². The predicted octanol–water partition coefficient (Wildman–Crippen LogP) is 4.62. The van der Waals surface area contributed by atoms with E-state index in [0.29, 0.717) is 41.0 Å². The molecule has 1 aromatic carbocycles. The first kappa shape index (κ1) is 21.1. The number of ether oxygens (including phenoxy) is 2. The zero-order valence-electron chi connectivity index (χ0n) is 16.2. The van der Waals surface area contributed by atoms with Crippen LogP contribution in [0.25, 0.3) is 22.3 Å². The molecule has 3 rings (SSSR count). The number of aryl methyl sites for hydroxylation is 1. The molecular weight excluding hydrogens is 404 g/mol. The van der Waals surface area contributed by atoms with Crippen molar-refractivity contribution in [3.63, 3.8) is 0 Å². The summed E-state index contributed by atoms with van der Waals surface area (Å²) in [6.07, 6.45) is 2.22. The number of pyridine rings is 1. The van der Waals surface area contributed by atoms with E-state index in [1.165, 1.54) is 12.1 Å². The van der Waals surface area contributed by atoms with Gasteiger partial charge < -0.3 is 9.47 Å². The molecule has 9 heteroatoms. The third kappa shape index (κ3) is 4.23. The smallest absolute Gasteiger partial charge is 0.387 e. The van der Waals surface area contributed by atoms with Crippen LogP contribution in [0.5, 0.6) is 5.75 Å². The number of fused-ring (bicyclic) bond motifs is 1. The summed E-state index contributed by atoms with van der Waals surface area (Å²) in [6, 6.07) is 5.81. The fourth-order valence-corrected chi connectivity index (χ4v) is 3.50. The lowest BCUT2D eigenvalue weighted by Crippen LogP contribution is -2.30. The van der Waals surface area contributed by atoms with Gasteiger partial charge in [0, 0.05) is 24.4 Å². The van der Waals surface area contributed by atoms with Crippen LogP contribution in [-0.2, 0) is 4.74 Å². The van der Waals surface area contributed by atoms with Crippen molar-refractivity contribution < 1.29 is 18.3 Å². The normalized spacial score (nSPS) is 12.5. The minimum absolute atomic E-state index is 0.0423. The molecule has 2 heterocycles. The van der Waals surface area contributed by atoms with Crippen LogP contribution in [-0.4, -0.2) is 34.9 Å². The van der Waals surface area contributed by atoms with Crippen molar-refractivity contribution in [3.8, 4) is 16.9 Å². The summed E-state index contributed by atoms with van der Waals surface area (Å²) in [5.74, 6) is -0.0423. The van der Waals surface area contributed by atoms with Gasteiger partial charge >= 0.3 is 6.61 Å². The molecular formula is C20H20ClF2N3O3. The van der Waals surface area contributed by atoms with Gasteiger partial charge in [0.05, 0.1) is 17.7 Å². The van der Waals surface area contributed by atoms with Crippen molar-refractivity contribution in [2.24, 2.45) is 0 Å². The highest BCUT2D eigenvalue weighted by atomic mass is 35.5. The fraction of sp³-hybridized carbons (Fsp3) is 0.350. The molecule has 0 spiro atoms. The summed E-state index contributed by atoms with van der Waals surface area (Å²) in [6.45, 7) is 1.00. The Bertz CT molecular complexity index is 1090. The molecule has 0 radical (unpaired) electrons. The van der Waals surface area contributed by atoms with E-state index >= 15 is 0 Å². The summed E-state index contributed by atoms with van der Waals surface area (Å²) in [7, 11) is 1.57. The van der Waals surface area contributed by atoms with Crippen LogP contribution in [0.3, 0.4) is 0 Å². The van der Waals surface area contributed by atoms with Gasteiger partial charge in [-0.05, 0) is 37.6 Å². The van der Waals surface area contributed by atoms with Crippen molar-refractivity contribution in [2.45, 2.75) is 32.9 Å². The topological polar surface area (TPSA) is 66.2 Å². The van der Waals surface area contributed by atoms with E-state index in [-0.39, 0.29) is 22.4 Å². The molecule has 0 aliphatic heterocycles. The standard InChI is InChI=1S/C20H20ClF2N3O3/c1-4-12(10-28-3)26-18-17(25-11(2)19(26)27)15(7-8-24-18)14-6-5-13(9-16(14)21)29-20(22)23/h5-9,12,20H,4,10H2,1-3H3/t12-/m0/s1. The molecule has 0 saturated heterocycles. The van der Waals surface area contributed by atoms with Gasteiger partial charge in [-0.2, -0.15) is 8.78 Å². The molecule has 0 N–H and O–H groups in total. The number of hydrogen-bond acceptors (Lipinski definition) is 5. The molecule has 1 atom stereocenters. The molecule has 29 heavy (non-hydrogen) atoms. The molecule has 0 unspecified atom stereocenters. The second-order valence-electron chi connectivity index (χ2n) is 6.44. The van der Waals surface area contributed by atoms with E-state index in [4.69, 9.17) is 16.3 Å². The van der Waals surface area contributed by atoms with Crippen molar-refractivity contribution >= 4 is 22.8 Å². The largest absolute Gasteiger partial charge is 0.435 e. The maximum absolute atomic E-state index is 12.8. The van der Waals surface area contributed by atoms with Gasteiger partial charge in [-0.15, -0.1) is 0 Å². The maximum Gasteiger partial charge on any atom is 0.387 e. The fourth-order valence-electron chi connectivity index (χ4n) is 3.23. The van der Waals surface area contributed by atoms with Crippen LogP contribution in [0.4, 0.5) is 8.78 Å². The highest BCUT2D eigenvalue weighted by molar-refractivity contribution is 6.33. The molecule has 2 aromatic heterocycles. The Morgan fingerprint density at radius 3 is 2.62 bits per heavy atom. The van der Waals surface area contributed by atoms with Crippen molar-refractivity contribution in [3.05, 3.63) is 51.5 Å². The quantitative estimate of drug-likeness (QED) is 0.554. The molecule has 0 fully saturated rings. The summed E-state index contributed by atoms with van der Waals surface area (Å²) in [5, 5.41) is 0.219. The number of benzene rings is 1. The highest BCUT2D eigenvalue weighted by Gasteiger charge is 2.20. The van der Waals surface area contributed by atoms with Crippen molar-refractivity contribution in [2.75, 3.05) is 13.7 Å². The van der Waals surface area contributed by atoms with E-state index in [2.05, 4.69) is 14.7 Å². The van der Waals surface area contributed by atoms with Gasteiger partial charge in [-0.3, -0.25) is 9.36 Å². The lowest BCUT2D eigenvalue weighted by atomic mass is 10.0. The number of nitrogens with zero attached hydrogens (tertiary/aromatic N) is 3. The molecule has 6 nitrogen and oxygen atoms in total. The second kappa shape index (κ2) is 8.84. The summed E-state index contributed by atoms with van der Waals surface area (Å²) >= 11 is 6.34. The Morgan fingerprint density at radius 2 is 2.00 bits per heavy atom. The first-order valence-corrected chi connectivity index (χ1v) is 9.36. The highest BCUT2D eigenvalue weighted by Crippen LogP contribution is 2.35. The van der Waals surface area contributed by atoms with Gasteiger partial charge in [-0.25, -0.2) is 9.97 Å². The Kier molecular flexibility index (Phi) is 6.44. The minimum atomic E-state index is -2.94.